The number of amides is 4. The van der Waals surface area contributed by atoms with Gasteiger partial charge in [0.25, 0.3) is 0 Å². The average Bonchev–Trinajstić information content (AvgIpc) is 2.69. The van der Waals surface area contributed by atoms with Gasteiger partial charge in [0, 0.05) is 12.6 Å². The fourth-order valence-corrected chi connectivity index (χ4v) is 2.77. The van der Waals surface area contributed by atoms with Gasteiger partial charge in [-0.25, -0.2) is 4.79 Å². The topological polar surface area (TPSA) is 146 Å². The van der Waals surface area contributed by atoms with Crippen molar-refractivity contribution in [3.05, 3.63) is 29.8 Å². The third-order valence-electron chi connectivity index (χ3n) is 4.46. The molecule has 5 N–H and O–H groups in total. The normalized spacial score (nSPS) is 14.0. The predicted molar refractivity (Wildman–Crippen MR) is 124 cm³/mol. The van der Waals surface area contributed by atoms with Gasteiger partial charge in [-0.15, -0.1) is 0 Å². The zero-order chi connectivity index (χ0) is 25.3. The number of hydrogen-bond acceptors (Lipinski definition) is 6. The summed E-state index contributed by atoms with van der Waals surface area (Å²) in [5, 5.41) is 20.6. The molecule has 0 aliphatic heterocycles. The van der Waals surface area contributed by atoms with Crippen molar-refractivity contribution in [2.45, 2.75) is 72.3 Å². The van der Waals surface area contributed by atoms with Gasteiger partial charge in [-0.2, -0.15) is 0 Å². The standard InChI is InChI=1S/C23H36N4O6/c1-13(2)19(26-15(4)28)21(31)25-14(3)20(30)27-17-10-8-16(9-11-17)18(29)12-24-22(32)33-23(5,6)7/h8-11,13-14,18-19,29H,12H2,1-7H3,(H,24,32)(H,25,31)(H,26,28)(H,27,30)/t14-,18+,19-/m0/s1. The lowest BCUT2D eigenvalue weighted by Gasteiger charge is -2.23. The molecule has 0 aliphatic carbocycles. The first kappa shape index (κ1) is 27.9. The van der Waals surface area contributed by atoms with E-state index < -0.39 is 41.7 Å². The number of aliphatic hydroxyl groups is 1. The molecular weight excluding hydrogens is 428 g/mol. The van der Waals surface area contributed by atoms with Crippen LogP contribution in [0.25, 0.3) is 0 Å². The Kier molecular flexibility index (Phi) is 10.3. The number of aliphatic hydroxyl groups excluding tert-OH is 1. The van der Waals surface area contributed by atoms with Crippen molar-refractivity contribution >= 4 is 29.5 Å². The second-order valence-electron chi connectivity index (χ2n) is 9.16. The van der Waals surface area contributed by atoms with Crippen LogP contribution in [0.4, 0.5) is 10.5 Å². The highest BCUT2D eigenvalue weighted by Gasteiger charge is 2.26. The van der Waals surface area contributed by atoms with E-state index in [0.717, 1.165) is 0 Å². The minimum Gasteiger partial charge on any atom is -0.444 e. The summed E-state index contributed by atoms with van der Waals surface area (Å²) in [7, 11) is 0. The molecule has 0 aromatic heterocycles. The van der Waals surface area contributed by atoms with Crippen molar-refractivity contribution < 1.29 is 29.0 Å². The van der Waals surface area contributed by atoms with Crippen LogP contribution in [0, 0.1) is 5.92 Å². The summed E-state index contributed by atoms with van der Waals surface area (Å²) < 4.78 is 5.12. The van der Waals surface area contributed by atoms with Gasteiger partial charge in [0.1, 0.15) is 17.7 Å². The first-order chi connectivity index (χ1) is 15.2. The first-order valence-corrected chi connectivity index (χ1v) is 10.8. The van der Waals surface area contributed by atoms with E-state index in [1.165, 1.54) is 6.92 Å². The number of rotatable bonds is 9. The van der Waals surface area contributed by atoms with E-state index in [4.69, 9.17) is 4.74 Å². The Morgan fingerprint density at radius 1 is 0.970 bits per heavy atom. The summed E-state index contributed by atoms with van der Waals surface area (Å²) in [5.41, 5.74) is 0.380. The van der Waals surface area contributed by atoms with Crippen molar-refractivity contribution in [3.8, 4) is 0 Å². The second kappa shape index (κ2) is 12.2. The number of ether oxygens (including phenoxy) is 1. The largest absolute Gasteiger partial charge is 0.444 e. The lowest BCUT2D eigenvalue weighted by Crippen LogP contribution is -2.53. The summed E-state index contributed by atoms with van der Waals surface area (Å²) in [6, 6.07) is 4.86. The molecule has 0 saturated carbocycles. The Bertz CT molecular complexity index is 832. The van der Waals surface area contributed by atoms with E-state index in [-0.39, 0.29) is 18.4 Å². The molecule has 0 bridgehead atoms. The van der Waals surface area contributed by atoms with Crippen LogP contribution in [0.15, 0.2) is 24.3 Å². The maximum absolute atomic E-state index is 12.4. The Hall–Kier alpha value is -3.14. The highest BCUT2D eigenvalue weighted by atomic mass is 16.6. The lowest BCUT2D eigenvalue weighted by molar-refractivity contribution is -0.131. The number of carbonyl (C=O) groups excluding carboxylic acids is 4. The molecule has 0 unspecified atom stereocenters. The molecule has 0 saturated heterocycles. The maximum atomic E-state index is 12.4. The molecule has 4 amide bonds. The van der Waals surface area contributed by atoms with Gasteiger partial charge in [-0.05, 0) is 51.3 Å². The fraction of sp³-hybridized carbons (Fsp3) is 0.565. The van der Waals surface area contributed by atoms with Crippen LogP contribution in [-0.4, -0.2) is 53.2 Å². The van der Waals surface area contributed by atoms with Crippen LogP contribution >= 0.6 is 0 Å². The van der Waals surface area contributed by atoms with E-state index in [1.54, 1.807) is 65.8 Å². The fourth-order valence-electron chi connectivity index (χ4n) is 2.77. The van der Waals surface area contributed by atoms with Crippen LogP contribution in [0.2, 0.25) is 0 Å². The van der Waals surface area contributed by atoms with Crippen molar-refractivity contribution in [3.63, 3.8) is 0 Å². The van der Waals surface area contributed by atoms with Crippen molar-refractivity contribution in [1.82, 2.24) is 16.0 Å². The van der Waals surface area contributed by atoms with Crippen LogP contribution in [0.5, 0.6) is 0 Å². The lowest BCUT2D eigenvalue weighted by atomic mass is 10.0. The number of carbonyl (C=O) groups is 4. The summed E-state index contributed by atoms with van der Waals surface area (Å²) in [4.78, 5) is 47.9. The molecule has 0 spiro atoms. The molecule has 1 rings (SSSR count). The molecule has 10 nitrogen and oxygen atoms in total. The Morgan fingerprint density at radius 3 is 2.03 bits per heavy atom. The van der Waals surface area contributed by atoms with E-state index in [9.17, 15) is 24.3 Å². The van der Waals surface area contributed by atoms with Gasteiger partial charge < -0.3 is 31.1 Å². The highest BCUT2D eigenvalue weighted by Crippen LogP contribution is 2.16. The first-order valence-electron chi connectivity index (χ1n) is 10.8. The monoisotopic (exact) mass is 464 g/mol. The number of anilines is 1. The molecule has 0 aliphatic rings. The zero-order valence-electron chi connectivity index (χ0n) is 20.3. The molecule has 1 aromatic rings. The average molecular weight is 465 g/mol. The van der Waals surface area contributed by atoms with Gasteiger partial charge in [-0.1, -0.05) is 26.0 Å². The summed E-state index contributed by atoms with van der Waals surface area (Å²) in [6.07, 6.45) is -1.58. The predicted octanol–water partition coefficient (Wildman–Crippen LogP) is 1.85. The van der Waals surface area contributed by atoms with E-state index in [0.29, 0.717) is 11.3 Å². The minimum atomic E-state index is -0.956. The number of nitrogens with one attached hydrogen (secondary N) is 4. The van der Waals surface area contributed by atoms with Crippen molar-refractivity contribution in [1.29, 1.82) is 0 Å². The second-order valence-corrected chi connectivity index (χ2v) is 9.16. The van der Waals surface area contributed by atoms with Crippen LogP contribution in [0.3, 0.4) is 0 Å². The van der Waals surface area contributed by atoms with Crippen molar-refractivity contribution in [2.75, 3.05) is 11.9 Å². The van der Waals surface area contributed by atoms with Crippen LogP contribution < -0.4 is 21.3 Å². The Labute approximate surface area is 194 Å². The van der Waals surface area contributed by atoms with E-state index in [1.807, 2.05) is 0 Å². The minimum absolute atomic E-state index is 0.0327. The van der Waals surface area contributed by atoms with E-state index >= 15 is 0 Å². The van der Waals surface area contributed by atoms with Gasteiger partial charge in [0.05, 0.1) is 12.6 Å². The molecule has 1 aromatic carbocycles. The molecule has 184 valence electrons. The Balaban J connectivity index is 2.61. The van der Waals surface area contributed by atoms with Crippen molar-refractivity contribution in [2.24, 2.45) is 5.92 Å². The van der Waals surface area contributed by atoms with Gasteiger partial charge in [0.15, 0.2) is 0 Å². The molecular formula is C23H36N4O6. The highest BCUT2D eigenvalue weighted by molar-refractivity contribution is 5.98. The van der Waals surface area contributed by atoms with E-state index in [2.05, 4.69) is 21.3 Å². The van der Waals surface area contributed by atoms with Crippen LogP contribution in [0.1, 0.15) is 60.1 Å². The molecule has 3 atom stereocenters. The quantitative estimate of drug-likeness (QED) is 0.377. The SMILES string of the molecule is CC(=O)N[C@H](C(=O)N[C@@H](C)C(=O)Nc1ccc([C@H](O)CNC(=O)OC(C)(C)C)cc1)C(C)C. The van der Waals surface area contributed by atoms with Gasteiger partial charge >= 0.3 is 6.09 Å². The summed E-state index contributed by atoms with van der Waals surface area (Å²) in [5.74, 6) is -1.36. The molecule has 0 heterocycles. The Morgan fingerprint density at radius 2 is 1.55 bits per heavy atom. The molecule has 10 heteroatoms. The maximum Gasteiger partial charge on any atom is 0.407 e. The van der Waals surface area contributed by atoms with Gasteiger partial charge in [-0.3, -0.25) is 14.4 Å². The molecule has 33 heavy (non-hydrogen) atoms. The summed E-state index contributed by atoms with van der Waals surface area (Å²) in [6.45, 7) is 11.7. The number of benzene rings is 1. The van der Waals surface area contributed by atoms with Gasteiger partial charge in [0.2, 0.25) is 17.7 Å². The third kappa shape index (κ3) is 10.3. The third-order valence-corrected chi connectivity index (χ3v) is 4.46. The molecule has 0 radical (unpaired) electrons. The van der Waals surface area contributed by atoms with Crippen LogP contribution in [-0.2, 0) is 19.1 Å². The zero-order valence-corrected chi connectivity index (χ0v) is 20.3. The number of alkyl carbamates (subject to hydrolysis) is 1. The number of hydrogen-bond donors (Lipinski definition) is 5. The smallest absolute Gasteiger partial charge is 0.407 e. The molecule has 0 fully saturated rings. The summed E-state index contributed by atoms with van der Waals surface area (Å²) >= 11 is 0.